The highest BCUT2D eigenvalue weighted by molar-refractivity contribution is 7.13. The zero-order valence-corrected chi connectivity index (χ0v) is 19.2. The number of nitrogens with zero attached hydrogens (tertiary/aromatic N) is 1. The number of methoxy groups -OCH3 is 2. The van der Waals surface area contributed by atoms with Crippen LogP contribution in [0.2, 0.25) is 0 Å². The van der Waals surface area contributed by atoms with E-state index in [0.717, 1.165) is 42.3 Å². The Morgan fingerprint density at radius 2 is 2.07 bits per heavy atom. The molecule has 1 unspecified atom stereocenters. The summed E-state index contributed by atoms with van der Waals surface area (Å²) in [5.41, 5.74) is 1.75. The van der Waals surface area contributed by atoms with Crippen LogP contribution in [0.15, 0.2) is 23.6 Å². The summed E-state index contributed by atoms with van der Waals surface area (Å²) >= 11 is 1.53. The molecule has 29 heavy (non-hydrogen) atoms. The average molecular weight is 462 g/mol. The zero-order valence-electron chi connectivity index (χ0n) is 16.7. The van der Waals surface area contributed by atoms with Crippen LogP contribution in [-0.2, 0) is 11.2 Å². The molecule has 0 spiro atoms. The number of halogens is 2. The van der Waals surface area contributed by atoms with Crippen LogP contribution in [0.25, 0.3) is 10.6 Å². The lowest BCUT2D eigenvalue weighted by Gasteiger charge is -2.22. The Kier molecular flexibility index (Phi) is 11.3. The summed E-state index contributed by atoms with van der Waals surface area (Å²) in [5, 5.41) is 9.24. The summed E-state index contributed by atoms with van der Waals surface area (Å²) in [6, 6.07) is 5.71. The lowest BCUT2D eigenvalue weighted by molar-refractivity contribution is -0.120. The van der Waals surface area contributed by atoms with Crippen molar-refractivity contribution in [3.8, 4) is 22.1 Å². The number of amides is 1. The maximum absolute atomic E-state index is 12.2. The molecular weight excluding hydrogens is 433 g/mol. The van der Waals surface area contributed by atoms with E-state index in [1.165, 1.54) is 24.2 Å². The van der Waals surface area contributed by atoms with Gasteiger partial charge in [0.05, 0.1) is 26.3 Å². The van der Waals surface area contributed by atoms with Crippen LogP contribution in [0.3, 0.4) is 0 Å². The molecular formula is C20H29Cl2N3O3S. The predicted molar refractivity (Wildman–Crippen MR) is 122 cm³/mol. The fraction of sp³-hybridized carbons (Fsp3) is 0.500. The van der Waals surface area contributed by atoms with E-state index >= 15 is 0 Å². The Morgan fingerprint density at radius 3 is 2.76 bits per heavy atom. The molecule has 9 heteroatoms. The van der Waals surface area contributed by atoms with Crippen LogP contribution in [-0.4, -0.2) is 44.7 Å². The van der Waals surface area contributed by atoms with Crippen molar-refractivity contribution in [2.24, 2.45) is 5.92 Å². The van der Waals surface area contributed by atoms with E-state index in [1.54, 1.807) is 14.2 Å². The molecule has 1 aromatic carbocycles. The van der Waals surface area contributed by atoms with Gasteiger partial charge in [-0.3, -0.25) is 4.79 Å². The van der Waals surface area contributed by atoms with Crippen molar-refractivity contribution in [2.45, 2.75) is 25.7 Å². The van der Waals surface area contributed by atoms with Crippen molar-refractivity contribution in [3.05, 3.63) is 29.3 Å². The minimum Gasteiger partial charge on any atom is -0.493 e. The maximum atomic E-state index is 12.2. The van der Waals surface area contributed by atoms with Gasteiger partial charge in [0, 0.05) is 17.5 Å². The molecule has 162 valence electrons. The summed E-state index contributed by atoms with van der Waals surface area (Å²) in [7, 11) is 3.23. The second kappa shape index (κ2) is 12.9. The van der Waals surface area contributed by atoms with Gasteiger partial charge in [-0.25, -0.2) is 4.98 Å². The fourth-order valence-corrected chi connectivity index (χ4v) is 4.12. The van der Waals surface area contributed by atoms with E-state index in [4.69, 9.17) is 9.47 Å². The topological polar surface area (TPSA) is 72.5 Å². The van der Waals surface area contributed by atoms with Gasteiger partial charge in [0.15, 0.2) is 11.5 Å². The monoisotopic (exact) mass is 461 g/mol. The van der Waals surface area contributed by atoms with Gasteiger partial charge in [0.25, 0.3) is 0 Å². The van der Waals surface area contributed by atoms with E-state index in [0.29, 0.717) is 23.8 Å². The molecule has 2 aromatic rings. The van der Waals surface area contributed by atoms with Gasteiger partial charge in [0.2, 0.25) is 5.91 Å². The highest BCUT2D eigenvalue weighted by Gasteiger charge is 2.14. The third-order valence-corrected chi connectivity index (χ3v) is 5.74. The number of aromatic nitrogens is 1. The van der Waals surface area contributed by atoms with Crippen LogP contribution < -0.4 is 20.1 Å². The number of thiazole rings is 1. The molecule has 0 radical (unpaired) electrons. The molecule has 1 saturated heterocycles. The number of piperidine rings is 1. The van der Waals surface area contributed by atoms with E-state index < -0.39 is 0 Å². The zero-order chi connectivity index (χ0) is 19.1. The van der Waals surface area contributed by atoms with Crippen molar-refractivity contribution in [3.63, 3.8) is 0 Å². The summed E-state index contributed by atoms with van der Waals surface area (Å²) in [6.07, 6.45) is 3.83. The van der Waals surface area contributed by atoms with Gasteiger partial charge < -0.3 is 20.1 Å². The van der Waals surface area contributed by atoms with Crippen LogP contribution >= 0.6 is 36.2 Å². The fourth-order valence-electron chi connectivity index (χ4n) is 3.30. The molecule has 6 nitrogen and oxygen atoms in total. The molecule has 1 aliphatic heterocycles. The highest BCUT2D eigenvalue weighted by Crippen LogP contribution is 2.33. The van der Waals surface area contributed by atoms with Crippen LogP contribution in [0.1, 0.15) is 25.0 Å². The van der Waals surface area contributed by atoms with Crippen LogP contribution in [0.4, 0.5) is 0 Å². The predicted octanol–water partition coefficient (Wildman–Crippen LogP) is 3.72. The number of carbonyl (C=O) groups excluding carboxylic acids is 1. The van der Waals surface area contributed by atoms with Gasteiger partial charge in [-0.1, -0.05) is 0 Å². The van der Waals surface area contributed by atoms with Crippen molar-refractivity contribution in [2.75, 3.05) is 33.9 Å². The van der Waals surface area contributed by atoms with Crippen molar-refractivity contribution in [1.82, 2.24) is 15.6 Å². The Bertz CT molecular complexity index is 767. The molecule has 0 saturated carbocycles. The Labute approximate surface area is 188 Å². The van der Waals surface area contributed by atoms with Gasteiger partial charge >= 0.3 is 0 Å². The summed E-state index contributed by atoms with van der Waals surface area (Å²) in [6.45, 7) is 2.92. The minimum absolute atomic E-state index is 0. The molecule has 1 aliphatic rings. The van der Waals surface area contributed by atoms with Crippen LogP contribution in [0, 0.1) is 5.92 Å². The summed E-state index contributed by atoms with van der Waals surface area (Å²) in [4.78, 5) is 16.8. The molecule has 1 atom stereocenters. The molecule has 1 aromatic heterocycles. The van der Waals surface area contributed by atoms with E-state index in [9.17, 15) is 4.79 Å². The van der Waals surface area contributed by atoms with E-state index in [-0.39, 0.29) is 30.7 Å². The normalized spacial score (nSPS) is 15.6. The lowest BCUT2D eigenvalue weighted by Crippen LogP contribution is -2.33. The standard InChI is InChI=1S/C20H27N3O3S.2ClH/c1-25-17-6-5-15(10-18(17)26-2)20-23-16(13-27-20)11-19(24)22-9-7-14-4-3-8-21-12-14;;/h5-6,10,13-14,21H,3-4,7-9,11-12H2,1-2H3,(H,22,24);2*1H. The minimum atomic E-state index is 0. The lowest BCUT2D eigenvalue weighted by atomic mass is 9.96. The van der Waals surface area contributed by atoms with Crippen LogP contribution in [0.5, 0.6) is 11.5 Å². The average Bonchev–Trinajstić information content (AvgIpc) is 3.16. The first-order chi connectivity index (χ1) is 13.2. The molecule has 0 bridgehead atoms. The number of hydrogen-bond acceptors (Lipinski definition) is 6. The third-order valence-electron chi connectivity index (χ3n) is 4.80. The molecule has 2 N–H and O–H groups in total. The smallest absolute Gasteiger partial charge is 0.226 e. The molecule has 0 aliphatic carbocycles. The third kappa shape index (κ3) is 7.33. The quantitative estimate of drug-likeness (QED) is 0.626. The summed E-state index contributed by atoms with van der Waals surface area (Å²) < 4.78 is 10.6. The number of nitrogens with one attached hydrogen (secondary N) is 2. The first kappa shape index (κ1) is 25.5. The van der Waals surface area contributed by atoms with Crippen molar-refractivity contribution >= 4 is 42.1 Å². The Morgan fingerprint density at radius 1 is 1.28 bits per heavy atom. The number of rotatable bonds is 8. The molecule has 3 rings (SSSR count). The van der Waals surface area contributed by atoms with Crippen molar-refractivity contribution in [1.29, 1.82) is 0 Å². The number of hydrogen-bond donors (Lipinski definition) is 2. The number of benzene rings is 1. The molecule has 1 amide bonds. The molecule has 1 fully saturated rings. The summed E-state index contributed by atoms with van der Waals surface area (Å²) in [5.74, 6) is 2.06. The van der Waals surface area contributed by atoms with Gasteiger partial charge in [-0.2, -0.15) is 0 Å². The molecule has 2 heterocycles. The number of carbonyl (C=O) groups is 1. The highest BCUT2D eigenvalue weighted by atomic mass is 35.5. The van der Waals surface area contributed by atoms with Gasteiger partial charge in [-0.05, 0) is 56.5 Å². The largest absolute Gasteiger partial charge is 0.493 e. The Balaban J connectivity index is 0.00000210. The first-order valence-electron chi connectivity index (χ1n) is 9.34. The first-order valence-corrected chi connectivity index (χ1v) is 10.2. The second-order valence-corrected chi connectivity index (χ2v) is 7.60. The van der Waals surface area contributed by atoms with Gasteiger partial charge in [-0.15, -0.1) is 36.2 Å². The second-order valence-electron chi connectivity index (χ2n) is 6.74. The number of ether oxygens (including phenoxy) is 2. The maximum Gasteiger partial charge on any atom is 0.226 e. The van der Waals surface area contributed by atoms with E-state index in [1.807, 2.05) is 23.6 Å². The van der Waals surface area contributed by atoms with Gasteiger partial charge in [0.1, 0.15) is 5.01 Å². The SMILES string of the molecule is COc1ccc(-c2nc(CC(=O)NCCC3CCCNC3)cs2)cc1OC.Cl.Cl. The Hall–Kier alpha value is -1.54. The van der Waals surface area contributed by atoms with E-state index in [2.05, 4.69) is 15.6 Å². The van der Waals surface area contributed by atoms with Crippen molar-refractivity contribution < 1.29 is 14.3 Å².